The molecule has 0 unspecified atom stereocenters. The molecule has 0 bridgehead atoms. The van der Waals surface area contributed by atoms with Crippen molar-refractivity contribution in [3.63, 3.8) is 0 Å². The van der Waals surface area contributed by atoms with Crippen LogP contribution in [0.2, 0.25) is 0 Å². The fraction of sp³-hybridized carbons (Fsp3) is 0.333. The molecule has 9 heavy (non-hydrogen) atoms. The molecule has 1 aromatic rings. The van der Waals surface area contributed by atoms with E-state index in [1.807, 2.05) is 13.1 Å². The van der Waals surface area contributed by atoms with Crippen LogP contribution in [0.3, 0.4) is 0 Å². The average Bonchev–Trinajstić information content (AvgIpc) is 1.91. The first-order chi connectivity index (χ1) is 4.43. The van der Waals surface area contributed by atoms with Crippen LogP contribution in [0.5, 0.6) is 0 Å². The molecule has 1 aromatic heterocycles. The van der Waals surface area contributed by atoms with Crippen LogP contribution in [-0.4, -0.2) is 17.0 Å². The summed E-state index contributed by atoms with van der Waals surface area (Å²) in [6, 6.07) is 1.85. The standard InChI is InChI=1S/C6H8N3/c1-7-4-6-2-3-8-5-9-6/h2-3,7H,4H2,1H3. The lowest BCUT2D eigenvalue weighted by molar-refractivity contribution is 0.784. The first kappa shape index (κ1) is 6.16. The lowest BCUT2D eigenvalue weighted by Gasteiger charge is -1.93. The van der Waals surface area contributed by atoms with Crippen molar-refractivity contribution in [1.29, 1.82) is 0 Å². The SMILES string of the molecule is CNCc1ccn[c]n1. The normalized spacial score (nSPS) is 9.44. The molecule has 0 saturated carbocycles. The summed E-state index contributed by atoms with van der Waals surface area (Å²) >= 11 is 0. The van der Waals surface area contributed by atoms with Crippen LogP contribution < -0.4 is 5.32 Å². The zero-order chi connectivity index (χ0) is 6.53. The third kappa shape index (κ3) is 1.77. The molecule has 0 aliphatic carbocycles. The van der Waals surface area contributed by atoms with Gasteiger partial charge in [0.2, 0.25) is 0 Å². The molecule has 0 atom stereocenters. The molecule has 0 amide bonds. The highest BCUT2D eigenvalue weighted by molar-refractivity contribution is 4.95. The van der Waals surface area contributed by atoms with E-state index in [4.69, 9.17) is 0 Å². The Morgan fingerprint density at radius 2 is 2.67 bits per heavy atom. The number of nitrogens with one attached hydrogen (secondary N) is 1. The van der Waals surface area contributed by atoms with Gasteiger partial charge in [0.05, 0.1) is 5.69 Å². The molecule has 0 aliphatic rings. The van der Waals surface area contributed by atoms with Crippen LogP contribution in [0.25, 0.3) is 0 Å². The molecule has 0 aromatic carbocycles. The fourth-order valence-electron chi connectivity index (χ4n) is 0.567. The first-order valence-corrected chi connectivity index (χ1v) is 2.76. The molecular formula is C6H8N3. The van der Waals surface area contributed by atoms with E-state index in [0.29, 0.717) is 0 Å². The summed E-state index contributed by atoms with van der Waals surface area (Å²) in [5.74, 6) is 0. The molecule has 0 aliphatic heterocycles. The smallest absolute Gasteiger partial charge is 0.197 e. The van der Waals surface area contributed by atoms with Gasteiger partial charge in [-0.15, -0.1) is 0 Å². The van der Waals surface area contributed by atoms with E-state index < -0.39 is 0 Å². The van der Waals surface area contributed by atoms with Crippen molar-refractivity contribution >= 4 is 0 Å². The molecule has 1 heterocycles. The summed E-state index contributed by atoms with van der Waals surface area (Å²) in [6.07, 6.45) is 4.19. The van der Waals surface area contributed by atoms with Gasteiger partial charge in [-0.2, -0.15) is 0 Å². The van der Waals surface area contributed by atoms with Gasteiger partial charge in [-0.1, -0.05) is 0 Å². The highest BCUT2D eigenvalue weighted by Crippen LogP contribution is 1.86. The van der Waals surface area contributed by atoms with Crippen molar-refractivity contribution in [2.75, 3.05) is 7.05 Å². The van der Waals surface area contributed by atoms with Gasteiger partial charge in [0, 0.05) is 12.7 Å². The van der Waals surface area contributed by atoms with Gasteiger partial charge in [-0.3, -0.25) is 0 Å². The Hall–Kier alpha value is -0.960. The molecule has 3 heteroatoms. The number of hydrogen-bond donors (Lipinski definition) is 1. The lowest BCUT2D eigenvalue weighted by atomic mass is 10.4. The molecule has 3 nitrogen and oxygen atoms in total. The summed E-state index contributed by atoms with van der Waals surface area (Å²) in [5.41, 5.74) is 0.965. The van der Waals surface area contributed by atoms with Gasteiger partial charge in [0.15, 0.2) is 6.33 Å². The number of hydrogen-bond acceptors (Lipinski definition) is 3. The summed E-state index contributed by atoms with van der Waals surface area (Å²) in [6.45, 7) is 0.777. The highest BCUT2D eigenvalue weighted by Gasteiger charge is 1.86. The third-order valence-electron chi connectivity index (χ3n) is 0.951. The largest absolute Gasteiger partial charge is 0.314 e. The van der Waals surface area contributed by atoms with E-state index in [1.165, 1.54) is 0 Å². The van der Waals surface area contributed by atoms with E-state index in [2.05, 4.69) is 21.6 Å². The Kier molecular flexibility index (Phi) is 2.15. The molecular weight excluding hydrogens is 114 g/mol. The first-order valence-electron chi connectivity index (χ1n) is 2.76. The van der Waals surface area contributed by atoms with Crippen LogP contribution in [0.4, 0.5) is 0 Å². The lowest BCUT2D eigenvalue weighted by Crippen LogP contribution is -2.06. The highest BCUT2D eigenvalue weighted by atomic mass is 14.9. The topological polar surface area (TPSA) is 37.8 Å². The maximum Gasteiger partial charge on any atom is 0.197 e. The van der Waals surface area contributed by atoms with Gasteiger partial charge >= 0.3 is 0 Å². The zero-order valence-electron chi connectivity index (χ0n) is 5.26. The van der Waals surface area contributed by atoms with Crippen LogP contribution in [-0.2, 0) is 6.54 Å². The number of rotatable bonds is 2. The Morgan fingerprint density at radius 1 is 1.78 bits per heavy atom. The van der Waals surface area contributed by atoms with E-state index in [0.717, 1.165) is 12.2 Å². The molecule has 0 fully saturated rings. The van der Waals surface area contributed by atoms with E-state index in [9.17, 15) is 0 Å². The average molecular weight is 122 g/mol. The predicted octanol–water partition coefficient (Wildman–Crippen LogP) is -0.00381. The van der Waals surface area contributed by atoms with Gasteiger partial charge in [-0.25, -0.2) is 9.97 Å². The van der Waals surface area contributed by atoms with Crippen LogP contribution in [0.1, 0.15) is 5.69 Å². The van der Waals surface area contributed by atoms with E-state index in [-0.39, 0.29) is 0 Å². The molecule has 1 N–H and O–H groups in total. The van der Waals surface area contributed by atoms with Crippen molar-refractivity contribution in [3.05, 3.63) is 24.3 Å². The maximum absolute atomic E-state index is 3.87. The van der Waals surface area contributed by atoms with Crippen molar-refractivity contribution in [2.24, 2.45) is 0 Å². The summed E-state index contributed by atoms with van der Waals surface area (Å²) in [7, 11) is 1.88. The molecule has 47 valence electrons. The van der Waals surface area contributed by atoms with Crippen molar-refractivity contribution < 1.29 is 0 Å². The number of nitrogens with zero attached hydrogens (tertiary/aromatic N) is 2. The van der Waals surface area contributed by atoms with Gasteiger partial charge in [0.25, 0.3) is 0 Å². The number of aromatic nitrogens is 2. The second-order valence-electron chi connectivity index (χ2n) is 1.68. The molecule has 1 radical (unpaired) electrons. The second-order valence-corrected chi connectivity index (χ2v) is 1.68. The molecule has 0 saturated heterocycles. The quantitative estimate of drug-likeness (QED) is 0.599. The maximum atomic E-state index is 3.87. The van der Waals surface area contributed by atoms with Crippen LogP contribution in [0, 0.1) is 6.33 Å². The Morgan fingerprint density at radius 3 is 3.22 bits per heavy atom. The predicted molar refractivity (Wildman–Crippen MR) is 33.6 cm³/mol. The van der Waals surface area contributed by atoms with Crippen molar-refractivity contribution in [2.45, 2.75) is 6.54 Å². The van der Waals surface area contributed by atoms with Crippen molar-refractivity contribution in [3.8, 4) is 0 Å². The Bertz CT molecular complexity index is 161. The van der Waals surface area contributed by atoms with Gasteiger partial charge < -0.3 is 5.32 Å². The minimum atomic E-state index is 0.777. The minimum Gasteiger partial charge on any atom is -0.314 e. The Labute approximate surface area is 54.2 Å². The minimum absolute atomic E-state index is 0.777. The molecule has 1 rings (SSSR count). The van der Waals surface area contributed by atoms with Gasteiger partial charge in [-0.05, 0) is 13.1 Å². The summed E-state index contributed by atoms with van der Waals surface area (Å²) in [4.78, 5) is 7.53. The zero-order valence-corrected chi connectivity index (χ0v) is 5.26. The monoisotopic (exact) mass is 122 g/mol. The summed E-state index contributed by atoms with van der Waals surface area (Å²) in [5, 5.41) is 2.97. The third-order valence-corrected chi connectivity index (χ3v) is 0.951. The Balaban J connectivity index is 2.61. The van der Waals surface area contributed by atoms with Crippen molar-refractivity contribution in [1.82, 2.24) is 15.3 Å². The molecule has 0 spiro atoms. The summed E-state index contributed by atoms with van der Waals surface area (Å²) < 4.78 is 0. The second kappa shape index (κ2) is 3.14. The van der Waals surface area contributed by atoms with Crippen LogP contribution in [0.15, 0.2) is 12.3 Å². The fourth-order valence-corrected chi connectivity index (χ4v) is 0.567. The van der Waals surface area contributed by atoms with E-state index in [1.54, 1.807) is 6.20 Å². The van der Waals surface area contributed by atoms with Crippen LogP contribution >= 0.6 is 0 Å². The van der Waals surface area contributed by atoms with E-state index >= 15 is 0 Å². The van der Waals surface area contributed by atoms with Gasteiger partial charge in [0.1, 0.15) is 0 Å².